The molecule has 0 aromatic carbocycles. The summed E-state index contributed by atoms with van der Waals surface area (Å²) in [6.45, 7) is 0. The minimum Gasteiger partial charge on any atom is -0.481 e. The molecule has 7 heteroatoms. The molecule has 1 aromatic heterocycles. The maximum absolute atomic E-state index is 12.4. The zero-order chi connectivity index (χ0) is 13.1. The third-order valence-electron chi connectivity index (χ3n) is 2.11. The van der Waals surface area contributed by atoms with E-state index in [4.69, 9.17) is 5.11 Å². The summed E-state index contributed by atoms with van der Waals surface area (Å²) in [7, 11) is 0. The lowest BCUT2D eigenvalue weighted by Crippen LogP contribution is -2.28. The number of carboxylic acids is 1. The van der Waals surface area contributed by atoms with Crippen LogP contribution in [0.4, 0.5) is 13.2 Å². The molecule has 94 valence electrons. The van der Waals surface area contributed by atoms with E-state index in [-0.39, 0.29) is 5.76 Å². The Balaban J connectivity index is 2.73. The number of furan rings is 1. The van der Waals surface area contributed by atoms with E-state index in [0.717, 1.165) is 6.26 Å². The Morgan fingerprint density at radius 1 is 1.35 bits per heavy atom. The lowest BCUT2D eigenvalue weighted by molar-refractivity contribution is -0.182. The van der Waals surface area contributed by atoms with Gasteiger partial charge in [0.1, 0.15) is 0 Å². The average Bonchev–Trinajstić information content (AvgIpc) is 2.66. The molecule has 0 unspecified atom stereocenters. The van der Waals surface area contributed by atoms with Crippen LogP contribution in [0.2, 0.25) is 0 Å². The van der Waals surface area contributed by atoms with Crippen molar-refractivity contribution in [3.63, 3.8) is 0 Å². The second-order valence-corrected chi connectivity index (χ2v) is 3.44. The number of hydrogen-bond donors (Lipinski definition) is 1. The van der Waals surface area contributed by atoms with Crippen LogP contribution in [-0.2, 0) is 4.79 Å². The highest BCUT2D eigenvalue weighted by Gasteiger charge is 2.42. The van der Waals surface area contributed by atoms with Crippen molar-refractivity contribution in [3.8, 4) is 0 Å². The van der Waals surface area contributed by atoms with Crippen LogP contribution in [0, 0.1) is 5.92 Å². The Hall–Kier alpha value is -1.79. The zero-order valence-electron chi connectivity index (χ0n) is 8.53. The number of carboxylic acid groups (broad SMARTS) is 1. The van der Waals surface area contributed by atoms with Crippen molar-refractivity contribution in [2.24, 2.45) is 5.92 Å². The van der Waals surface area contributed by atoms with Crippen LogP contribution in [0.25, 0.3) is 0 Å². The molecular formula is C10H9F3O4. The molecule has 1 N–H and O–H groups in total. The topological polar surface area (TPSA) is 67.5 Å². The van der Waals surface area contributed by atoms with Gasteiger partial charge in [0.25, 0.3) is 0 Å². The molecule has 1 rings (SSSR count). The van der Waals surface area contributed by atoms with Crippen molar-refractivity contribution < 1.29 is 32.3 Å². The van der Waals surface area contributed by atoms with E-state index in [9.17, 15) is 22.8 Å². The SMILES string of the molecule is O=C(O)C[C@H](CC(=O)c1ccco1)C(F)(F)F. The van der Waals surface area contributed by atoms with Crippen LogP contribution in [-0.4, -0.2) is 23.0 Å². The summed E-state index contributed by atoms with van der Waals surface area (Å²) in [5, 5.41) is 8.36. The number of carbonyl (C=O) groups excluding carboxylic acids is 1. The van der Waals surface area contributed by atoms with Gasteiger partial charge in [0, 0.05) is 6.42 Å². The molecule has 0 spiro atoms. The fraction of sp³-hybridized carbons (Fsp3) is 0.400. The van der Waals surface area contributed by atoms with Crippen molar-refractivity contribution >= 4 is 11.8 Å². The molecule has 0 aliphatic heterocycles. The van der Waals surface area contributed by atoms with E-state index in [0.29, 0.717) is 0 Å². The Kier molecular flexibility index (Phi) is 3.93. The van der Waals surface area contributed by atoms with Gasteiger partial charge in [0.2, 0.25) is 0 Å². The second kappa shape index (κ2) is 5.03. The van der Waals surface area contributed by atoms with Gasteiger partial charge in [0.05, 0.1) is 18.6 Å². The summed E-state index contributed by atoms with van der Waals surface area (Å²) in [4.78, 5) is 21.6. The predicted molar refractivity (Wildman–Crippen MR) is 49.5 cm³/mol. The molecule has 1 heterocycles. The number of hydrogen-bond acceptors (Lipinski definition) is 3. The zero-order valence-corrected chi connectivity index (χ0v) is 8.53. The predicted octanol–water partition coefficient (Wildman–Crippen LogP) is 2.51. The van der Waals surface area contributed by atoms with Crippen LogP contribution in [0.5, 0.6) is 0 Å². The highest BCUT2D eigenvalue weighted by atomic mass is 19.4. The van der Waals surface area contributed by atoms with Gasteiger partial charge in [-0.25, -0.2) is 0 Å². The Morgan fingerprint density at radius 2 is 2.00 bits per heavy atom. The normalized spacial score (nSPS) is 13.4. The minimum absolute atomic E-state index is 0.204. The Morgan fingerprint density at radius 3 is 2.41 bits per heavy atom. The fourth-order valence-electron chi connectivity index (χ4n) is 1.28. The van der Waals surface area contributed by atoms with Gasteiger partial charge in [-0.3, -0.25) is 9.59 Å². The average molecular weight is 250 g/mol. The molecule has 0 aliphatic carbocycles. The highest BCUT2D eigenvalue weighted by Crippen LogP contribution is 2.32. The van der Waals surface area contributed by atoms with Gasteiger partial charge < -0.3 is 9.52 Å². The van der Waals surface area contributed by atoms with Gasteiger partial charge in [-0.2, -0.15) is 13.2 Å². The first-order valence-electron chi connectivity index (χ1n) is 4.66. The monoisotopic (exact) mass is 250 g/mol. The number of rotatable bonds is 5. The number of carbonyl (C=O) groups is 2. The van der Waals surface area contributed by atoms with E-state index in [1.54, 1.807) is 0 Å². The summed E-state index contributed by atoms with van der Waals surface area (Å²) in [5.74, 6) is -4.86. The van der Waals surface area contributed by atoms with Crippen molar-refractivity contribution in [1.29, 1.82) is 0 Å². The summed E-state index contributed by atoms with van der Waals surface area (Å²) >= 11 is 0. The van der Waals surface area contributed by atoms with Crippen LogP contribution in [0.15, 0.2) is 22.8 Å². The van der Waals surface area contributed by atoms with E-state index < -0.39 is 36.7 Å². The standard InChI is InChI=1S/C10H9F3O4/c11-10(12,13)6(5-9(15)16)4-7(14)8-2-1-3-17-8/h1-3,6H,4-5H2,(H,15,16)/t6-/m0/s1. The number of ketones is 1. The number of Topliss-reactive ketones (excluding diaryl/α,β-unsaturated/α-hetero) is 1. The van der Waals surface area contributed by atoms with Crippen molar-refractivity contribution in [3.05, 3.63) is 24.2 Å². The van der Waals surface area contributed by atoms with Gasteiger partial charge in [-0.05, 0) is 12.1 Å². The first kappa shape index (κ1) is 13.3. The summed E-state index contributed by atoms with van der Waals surface area (Å²) in [5.41, 5.74) is 0. The van der Waals surface area contributed by atoms with Crippen molar-refractivity contribution in [2.75, 3.05) is 0 Å². The Bertz CT molecular complexity index is 394. The number of alkyl halides is 3. The van der Waals surface area contributed by atoms with E-state index in [1.807, 2.05) is 0 Å². The van der Waals surface area contributed by atoms with E-state index in [1.165, 1.54) is 12.1 Å². The molecule has 0 radical (unpaired) electrons. The first-order chi connectivity index (χ1) is 7.80. The second-order valence-electron chi connectivity index (χ2n) is 3.44. The molecule has 0 aliphatic rings. The van der Waals surface area contributed by atoms with Gasteiger partial charge >= 0.3 is 12.1 Å². The lowest BCUT2D eigenvalue weighted by Gasteiger charge is -2.16. The largest absolute Gasteiger partial charge is 0.481 e. The lowest BCUT2D eigenvalue weighted by atomic mass is 9.97. The van der Waals surface area contributed by atoms with Gasteiger partial charge in [-0.1, -0.05) is 0 Å². The molecule has 0 saturated heterocycles. The summed E-state index contributed by atoms with van der Waals surface area (Å²) in [6, 6.07) is 2.60. The number of halogens is 3. The van der Waals surface area contributed by atoms with Gasteiger partial charge in [0.15, 0.2) is 11.5 Å². The first-order valence-corrected chi connectivity index (χ1v) is 4.66. The van der Waals surface area contributed by atoms with Crippen molar-refractivity contribution in [1.82, 2.24) is 0 Å². The number of aliphatic carboxylic acids is 1. The van der Waals surface area contributed by atoms with Crippen LogP contribution < -0.4 is 0 Å². The molecule has 4 nitrogen and oxygen atoms in total. The third-order valence-corrected chi connectivity index (χ3v) is 2.11. The molecule has 17 heavy (non-hydrogen) atoms. The maximum Gasteiger partial charge on any atom is 0.392 e. The van der Waals surface area contributed by atoms with Crippen LogP contribution >= 0.6 is 0 Å². The molecular weight excluding hydrogens is 241 g/mol. The Labute approximate surface area is 94.0 Å². The molecule has 1 atom stereocenters. The molecule has 0 saturated carbocycles. The third kappa shape index (κ3) is 3.93. The molecule has 0 bridgehead atoms. The van der Waals surface area contributed by atoms with Crippen LogP contribution in [0.1, 0.15) is 23.4 Å². The molecule has 1 aromatic rings. The molecule has 0 fully saturated rings. The van der Waals surface area contributed by atoms with E-state index >= 15 is 0 Å². The smallest absolute Gasteiger partial charge is 0.392 e. The summed E-state index contributed by atoms with van der Waals surface area (Å²) in [6.07, 6.45) is -5.62. The van der Waals surface area contributed by atoms with E-state index in [2.05, 4.69) is 4.42 Å². The maximum atomic E-state index is 12.4. The molecule has 0 amide bonds. The van der Waals surface area contributed by atoms with Crippen molar-refractivity contribution in [2.45, 2.75) is 19.0 Å². The van der Waals surface area contributed by atoms with Gasteiger partial charge in [-0.15, -0.1) is 0 Å². The fourth-order valence-corrected chi connectivity index (χ4v) is 1.28. The quantitative estimate of drug-likeness (QED) is 0.815. The minimum atomic E-state index is -4.72. The van der Waals surface area contributed by atoms with Crippen LogP contribution in [0.3, 0.4) is 0 Å². The summed E-state index contributed by atoms with van der Waals surface area (Å²) < 4.78 is 42.0. The highest BCUT2D eigenvalue weighted by molar-refractivity contribution is 5.93.